The Hall–Kier alpha value is -1.98. The van der Waals surface area contributed by atoms with E-state index >= 15 is 0 Å². The molecular weight excluding hydrogens is 290 g/mol. The van der Waals surface area contributed by atoms with E-state index in [1.54, 1.807) is 11.8 Å². The van der Waals surface area contributed by atoms with E-state index in [1.165, 1.54) is 24.0 Å². The zero-order valence-electron chi connectivity index (χ0n) is 12.6. The molecule has 0 aliphatic carbocycles. The monoisotopic (exact) mass is 308 g/mol. The van der Waals surface area contributed by atoms with Crippen LogP contribution in [-0.2, 0) is 16.1 Å². The van der Waals surface area contributed by atoms with Gasteiger partial charge < -0.3 is 9.80 Å². The highest BCUT2D eigenvalue weighted by Crippen LogP contribution is 2.28. The Balaban J connectivity index is 1.90. The topological polar surface area (TPSA) is 40.6 Å². The summed E-state index contributed by atoms with van der Waals surface area (Å²) in [7, 11) is 0. The highest BCUT2D eigenvalue weighted by atomic mass is 19.2. The van der Waals surface area contributed by atoms with Crippen LogP contribution in [0.4, 0.5) is 8.78 Å². The predicted molar refractivity (Wildman–Crippen MR) is 75.8 cm³/mol. The lowest BCUT2D eigenvalue weighted by molar-refractivity contribution is -0.159. The molecular formula is C16H18F2N2O2. The number of carbonyl (C=O) groups is 2. The summed E-state index contributed by atoms with van der Waals surface area (Å²) < 4.78 is 27.7. The quantitative estimate of drug-likeness (QED) is 0.838. The number of aryl methyl sites for hydroxylation is 1. The number of hydrogen-bond acceptors (Lipinski definition) is 2. The van der Waals surface area contributed by atoms with E-state index in [-0.39, 0.29) is 29.5 Å². The van der Waals surface area contributed by atoms with Gasteiger partial charge in [-0.2, -0.15) is 0 Å². The molecule has 2 aliphatic heterocycles. The van der Waals surface area contributed by atoms with E-state index in [4.69, 9.17) is 0 Å². The molecule has 0 aromatic heterocycles. The molecule has 1 aromatic rings. The number of fused-ring (bicyclic) bond motifs is 1. The van der Waals surface area contributed by atoms with Crippen LogP contribution in [0.2, 0.25) is 0 Å². The fourth-order valence-corrected chi connectivity index (χ4v) is 3.25. The minimum Gasteiger partial charge on any atom is -0.329 e. The summed E-state index contributed by atoms with van der Waals surface area (Å²) in [5.74, 6) is -2.13. The van der Waals surface area contributed by atoms with E-state index in [2.05, 4.69) is 0 Å². The second-order valence-electron chi connectivity index (χ2n) is 6.00. The van der Waals surface area contributed by atoms with E-state index in [0.29, 0.717) is 13.0 Å². The lowest BCUT2D eigenvalue weighted by Crippen LogP contribution is -2.61. The van der Waals surface area contributed by atoms with Gasteiger partial charge in [-0.1, -0.05) is 12.1 Å². The van der Waals surface area contributed by atoms with Crippen molar-refractivity contribution in [3.8, 4) is 0 Å². The number of piperazine rings is 1. The van der Waals surface area contributed by atoms with Gasteiger partial charge in [0.1, 0.15) is 12.1 Å². The average Bonchev–Trinajstić information content (AvgIpc) is 2.99. The Morgan fingerprint density at radius 3 is 2.64 bits per heavy atom. The Morgan fingerprint density at radius 2 is 1.91 bits per heavy atom. The summed E-state index contributed by atoms with van der Waals surface area (Å²) in [6.45, 7) is 3.63. The molecule has 0 spiro atoms. The SMILES string of the molecule is Cc1ccc(CN2C(=O)[C@H]3CCCN3C(=O)[C@@H]2C)c(F)c1F. The van der Waals surface area contributed by atoms with E-state index in [1.807, 2.05) is 0 Å². The molecule has 2 amide bonds. The van der Waals surface area contributed by atoms with Crippen LogP contribution in [0.5, 0.6) is 0 Å². The molecule has 0 N–H and O–H groups in total. The zero-order chi connectivity index (χ0) is 16.0. The molecule has 1 aromatic carbocycles. The molecule has 4 nitrogen and oxygen atoms in total. The van der Waals surface area contributed by atoms with E-state index in [9.17, 15) is 18.4 Å². The summed E-state index contributed by atoms with van der Waals surface area (Å²) in [5, 5.41) is 0. The maximum atomic E-state index is 14.0. The molecule has 2 fully saturated rings. The highest BCUT2D eigenvalue weighted by Gasteiger charge is 2.46. The Labute approximate surface area is 127 Å². The molecule has 118 valence electrons. The number of hydrogen-bond donors (Lipinski definition) is 0. The van der Waals surface area contributed by atoms with Crippen molar-refractivity contribution < 1.29 is 18.4 Å². The number of halogens is 2. The number of rotatable bonds is 2. The second kappa shape index (κ2) is 5.34. The van der Waals surface area contributed by atoms with Crippen LogP contribution in [0.1, 0.15) is 30.9 Å². The van der Waals surface area contributed by atoms with Gasteiger partial charge >= 0.3 is 0 Å². The predicted octanol–water partition coefficient (Wildman–Crippen LogP) is 1.99. The van der Waals surface area contributed by atoms with Gasteiger partial charge in [0.25, 0.3) is 0 Å². The van der Waals surface area contributed by atoms with Crippen molar-refractivity contribution in [2.75, 3.05) is 6.54 Å². The smallest absolute Gasteiger partial charge is 0.246 e. The summed E-state index contributed by atoms with van der Waals surface area (Å²) in [6, 6.07) is 1.86. The number of carbonyl (C=O) groups excluding carboxylic acids is 2. The molecule has 0 radical (unpaired) electrons. The second-order valence-corrected chi connectivity index (χ2v) is 6.00. The minimum atomic E-state index is -0.943. The van der Waals surface area contributed by atoms with Gasteiger partial charge in [0, 0.05) is 18.7 Å². The Kier molecular flexibility index (Phi) is 3.62. The van der Waals surface area contributed by atoms with Crippen LogP contribution in [0.25, 0.3) is 0 Å². The van der Waals surface area contributed by atoms with Crippen LogP contribution in [0.15, 0.2) is 12.1 Å². The third-order valence-corrected chi connectivity index (χ3v) is 4.62. The molecule has 2 aliphatic rings. The van der Waals surface area contributed by atoms with Gasteiger partial charge in [-0.05, 0) is 32.3 Å². The third-order valence-electron chi connectivity index (χ3n) is 4.62. The summed E-state index contributed by atoms with van der Waals surface area (Å²) in [5.41, 5.74) is 0.319. The van der Waals surface area contributed by atoms with Crippen molar-refractivity contribution in [1.82, 2.24) is 9.80 Å². The molecule has 2 heterocycles. The molecule has 0 saturated carbocycles. The number of amides is 2. The van der Waals surface area contributed by atoms with Crippen LogP contribution in [0.3, 0.4) is 0 Å². The summed E-state index contributed by atoms with van der Waals surface area (Å²) in [4.78, 5) is 27.8. The van der Waals surface area contributed by atoms with Crippen molar-refractivity contribution in [2.24, 2.45) is 0 Å². The third kappa shape index (κ3) is 2.17. The van der Waals surface area contributed by atoms with E-state index in [0.717, 1.165) is 6.42 Å². The first-order valence-corrected chi connectivity index (χ1v) is 7.46. The first-order valence-electron chi connectivity index (χ1n) is 7.46. The van der Waals surface area contributed by atoms with Crippen molar-refractivity contribution in [2.45, 2.75) is 45.3 Å². The maximum Gasteiger partial charge on any atom is 0.246 e. The van der Waals surface area contributed by atoms with Crippen LogP contribution >= 0.6 is 0 Å². The largest absolute Gasteiger partial charge is 0.329 e. The van der Waals surface area contributed by atoms with Crippen molar-refractivity contribution >= 4 is 11.8 Å². The molecule has 6 heteroatoms. The summed E-state index contributed by atoms with van der Waals surface area (Å²) >= 11 is 0. The highest BCUT2D eigenvalue weighted by molar-refractivity contribution is 5.97. The van der Waals surface area contributed by atoms with Crippen molar-refractivity contribution in [1.29, 1.82) is 0 Å². The Bertz CT molecular complexity index is 647. The summed E-state index contributed by atoms with van der Waals surface area (Å²) in [6.07, 6.45) is 1.44. The number of benzene rings is 1. The normalized spacial score (nSPS) is 24.9. The van der Waals surface area contributed by atoms with Gasteiger partial charge in [0.2, 0.25) is 11.8 Å². The first-order chi connectivity index (χ1) is 10.4. The molecule has 2 saturated heterocycles. The lowest BCUT2D eigenvalue weighted by Gasteiger charge is -2.41. The van der Waals surface area contributed by atoms with Crippen molar-refractivity contribution in [3.05, 3.63) is 34.9 Å². The van der Waals surface area contributed by atoms with Crippen LogP contribution < -0.4 is 0 Å². The lowest BCUT2D eigenvalue weighted by atomic mass is 10.0. The van der Waals surface area contributed by atoms with Gasteiger partial charge in [0.15, 0.2) is 11.6 Å². The minimum absolute atomic E-state index is 0.0842. The molecule has 3 rings (SSSR count). The molecule has 22 heavy (non-hydrogen) atoms. The first kappa shape index (κ1) is 14.9. The van der Waals surface area contributed by atoms with Crippen molar-refractivity contribution in [3.63, 3.8) is 0 Å². The molecule has 0 unspecified atom stereocenters. The van der Waals surface area contributed by atoms with Gasteiger partial charge in [-0.3, -0.25) is 9.59 Å². The average molecular weight is 308 g/mol. The fourth-order valence-electron chi connectivity index (χ4n) is 3.25. The number of nitrogens with zero attached hydrogens (tertiary/aromatic N) is 2. The fraction of sp³-hybridized carbons (Fsp3) is 0.500. The molecule has 0 bridgehead atoms. The van der Waals surface area contributed by atoms with Gasteiger partial charge in [-0.15, -0.1) is 0 Å². The zero-order valence-corrected chi connectivity index (χ0v) is 12.6. The van der Waals surface area contributed by atoms with Crippen LogP contribution in [-0.4, -0.2) is 40.2 Å². The molecule has 2 atom stereocenters. The van der Waals surface area contributed by atoms with Gasteiger partial charge in [0.05, 0.1) is 0 Å². The maximum absolute atomic E-state index is 14.0. The standard InChI is InChI=1S/C16H18F2N2O2/c1-9-5-6-11(14(18)13(9)17)8-20-10(2)15(21)19-7-3-4-12(19)16(20)22/h5-6,10,12H,3-4,7-8H2,1-2H3/t10-,12+/m0/s1. The Morgan fingerprint density at radius 1 is 1.18 bits per heavy atom. The van der Waals surface area contributed by atoms with Gasteiger partial charge in [-0.25, -0.2) is 8.78 Å². The van der Waals surface area contributed by atoms with Crippen LogP contribution in [0, 0.1) is 18.6 Å². The van der Waals surface area contributed by atoms with E-state index < -0.39 is 23.7 Å².